The monoisotopic (exact) mass is 419 g/mol. The number of hydrogen-bond acceptors (Lipinski definition) is 3. The van der Waals surface area contributed by atoms with E-state index in [9.17, 15) is 0 Å². The molecule has 1 saturated heterocycles. The molecule has 0 aliphatic carbocycles. The zero-order valence-corrected chi connectivity index (χ0v) is 18.4. The van der Waals surface area contributed by atoms with Crippen LogP contribution in [0.4, 0.5) is 5.69 Å². The van der Waals surface area contributed by atoms with E-state index in [2.05, 4.69) is 59.3 Å². The van der Waals surface area contributed by atoms with Gasteiger partial charge in [-0.25, -0.2) is 0 Å². The summed E-state index contributed by atoms with van der Waals surface area (Å²) in [6, 6.07) is 15.6. The molecule has 5 heteroatoms. The molecule has 3 nitrogen and oxygen atoms in total. The van der Waals surface area contributed by atoms with Gasteiger partial charge in [-0.05, 0) is 62.1 Å². The second-order valence-corrected chi connectivity index (χ2v) is 8.25. The predicted octanol–water partition coefficient (Wildman–Crippen LogP) is 4.90. The first-order chi connectivity index (χ1) is 13.6. The first-order valence-electron chi connectivity index (χ1n) is 10.3. The van der Waals surface area contributed by atoms with E-state index in [0.29, 0.717) is 16.1 Å². The van der Waals surface area contributed by atoms with E-state index in [1.807, 2.05) is 12.1 Å². The zero-order chi connectivity index (χ0) is 19.9. The number of piperazine rings is 1. The third-order valence-electron chi connectivity index (χ3n) is 5.66. The van der Waals surface area contributed by atoms with Gasteiger partial charge in [-0.15, -0.1) is 0 Å². The van der Waals surface area contributed by atoms with Gasteiger partial charge in [0.1, 0.15) is 0 Å². The van der Waals surface area contributed by atoms with Crippen LogP contribution in [-0.4, -0.2) is 50.2 Å². The largest absolute Gasteiger partial charge is 0.372 e. The van der Waals surface area contributed by atoms with Crippen LogP contribution in [0.2, 0.25) is 10.0 Å². The Balaban J connectivity index is 1.75. The minimum atomic E-state index is 0.457. The molecule has 2 aromatic carbocycles. The highest BCUT2D eigenvalue weighted by Crippen LogP contribution is 2.25. The molecule has 0 spiro atoms. The molecule has 1 N–H and O–H groups in total. The van der Waals surface area contributed by atoms with Gasteiger partial charge in [-0.2, -0.15) is 0 Å². The van der Waals surface area contributed by atoms with Crippen molar-refractivity contribution >= 4 is 28.9 Å². The molecule has 0 aromatic heterocycles. The fourth-order valence-electron chi connectivity index (χ4n) is 4.02. The van der Waals surface area contributed by atoms with Gasteiger partial charge in [0.25, 0.3) is 0 Å². The third kappa shape index (κ3) is 5.64. The average molecular weight is 420 g/mol. The zero-order valence-electron chi connectivity index (χ0n) is 16.9. The first-order valence-corrected chi connectivity index (χ1v) is 11.1. The number of nitrogens with zero attached hydrogens (tertiary/aromatic N) is 2. The number of rotatable bonds is 8. The van der Waals surface area contributed by atoms with Crippen molar-refractivity contribution in [2.24, 2.45) is 0 Å². The van der Waals surface area contributed by atoms with Gasteiger partial charge in [-0.1, -0.05) is 41.4 Å². The van der Waals surface area contributed by atoms with Crippen molar-refractivity contribution in [3.63, 3.8) is 0 Å². The number of benzene rings is 2. The molecule has 28 heavy (non-hydrogen) atoms. The summed E-state index contributed by atoms with van der Waals surface area (Å²) in [5, 5.41) is 4.72. The fraction of sp³-hybridized carbons (Fsp3) is 0.478. The molecule has 0 bridgehead atoms. The maximum atomic E-state index is 6.26. The second-order valence-electron chi connectivity index (χ2n) is 7.44. The molecular formula is C23H31Cl2N3. The van der Waals surface area contributed by atoms with Crippen LogP contribution in [0.1, 0.15) is 25.0 Å². The van der Waals surface area contributed by atoms with Crippen molar-refractivity contribution in [3.05, 3.63) is 63.6 Å². The molecule has 3 rings (SSSR count). The van der Waals surface area contributed by atoms with Crippen LogP contribution >= 0.6 is 23.2 Å². The van der Waals surface area contributed by atoms with Gasteiger partial charge in [0.05, 0.1) is 10.0 Å². The lowest BCUT2D eigenvalue weighted by Gasteiger charge is -2.35. The Morgan fingerprint density at radius 3 is 2.11 bits per heavy atom. The maximum absolute atomic E-state index is 6.26. The first kappa shape index (κ1) is 21.4. The summed E-state index contributed by atoms with van der Waals surface area (Å²) in [5.41, 5.74) is 3.94. The van der Waals surface area contributed by atoms with Crippen molar-refractivity contribution in [3.8, 4) is 0 Å². The van der Waals surface area contributed by atoms with E-state index in [-0.39, 0.29) is 0 Å². The summed E-state index contributed by atoms with van der Waals surface area (Å²) < 4.78 is 0. The average Bonchev–Trinajstić information content (AvgIpc) is 2.73. The van der Waals surface area contributed by atoms with Crippen LogP contribution in [0.15, 0.2) is 42.5 Å². The molecular weight excluding hydrogens is 389 g/mol. The summed E-state index contributed by atoms with van der Waals surface area (Å²) in [6.07, 6.45) is 2.02. The molecule has 0 saturated carbocycles. The number of hydrogen-bond donors (Lipinski definition) is 1. The van der Waals surface area contributed by atoms with E-state index in [0.717, 1.165) is 52.1 Å². The minimum Gasteiger partial charge on any atom is -0.372 e. The Labute approximate surface area is 179 Å². The smallest absolute Gasteiger partial charge is 0.0595 e. The van der Waals surface area contributed by atoms with E-state index in [1.165, 1.54) is 16.8 Å². The molecule has 0 amide bonds. The van der Waals surface area contributed by atoms with Crippen LogP contribution in [-0.2, 0) is 12.8 Å². The summed E-state index contributed by atoms with van der Waals surface area (Å²) >= 11 is 12.4. The van der Waals surface area contributed by atoms with Crippen molar-refractivity contribution in [2.45, 2.75) is 32.7 Å². The standard InChI is InChI=1S/C23H31Cl2N3/c1-3-27(4-2)20-8-5-18(6-9-20)15-21(28-13-11-26-12-14-28)16-19-7-10-22(24)23(25)17-19/h5-10,17,21,26H,3-4,11-16H2,1-2H3. The van der Waals surface area contributed by atoms with E-state index in [4.69, 9.17) is 23.2 Å². The van der Waals surface area contributed by atoms with Crippen molar-refractivity contribution < 1.29 is 0 Å². The molecule has 1 unspecified atom stereocenters. The molecule has 1 aliphatic heterocycles. The molecule has 2 aromatic rings. The number of anilines is 1. The molecule has 152 valence electrons. The summed E-state index contributed by atoms with van der Waals surface area (Å²) in [5.74, 6) is 0. The quantitative estimate of drug-likeness (QED) is 0.656. The van der Waals surface area contributed by atoms with Crippen LogP contribution in [0.3, 0.4) is 0 Å². The Morgan fingerprint density at radius 1 is 0.893 bits per heavy atom. The topological polar surface area (TPSA) is 18.5 Å². The van der Waals surface area contributed by atoms with Crippen LogP contribution in [0.25, 0.3) is 0 Å². The highest BCUT2D eigenvalue weighted by atomic mass is 35.5. The van der Waals surface area contributed by atoms with Crippen LogP contribution < -0.4 is 10.2 Å². The highest BCUT2D eigenvalue weighted by molar-refractivity contribution is 6.42. The second kappa shape index (κ2) is 10.5. The van der Waals surface area contributed by atoms with Gasteiger partial charge in [-0.3, -0.25) is 4.90 Å². The van der Waals surface area contributed by atoms with Gasteiger partial charge < -0.3 is 10.2 Å². The number of nitrogens with one attached hydrogen (secondary N) is 1. The lowest BCUT2D eigenvalue weighted by Crippen LogP contribution is -2.49. The summed E-state index contributed by atoms with van der Waals surface area (Å²) in [4.78, 5) is 4.99. The Hall–Kier alpha value is -1.26. The predicted molar refractivity (Wildman–Crippen MR) is 122 cm³/mol. The molecule has 1 atom stereocenters. The maximum Gasteiger partial charge on any atom is 0.0595 e. The van der Waals surface area contributed by atoms with E-state index < -0.39 is 0 Å². The fourth-order valence-corrected chi connectivity index (χ4v) is 4.34. The van der Waals surface area contributed by atoms with E-state index >= 15 is 0 Å². The van der Waals surface area contributed by atoms with Crippen LogP contribution in [0.5, 0.6) is 0 Å². The Bertz CT molecular complexity index is 738. The Kier molecular flexibility index (Phi) is 8.04. The SMILES string of the molecule is CCN(CC)c1ccc(CC(Cc2ccc(Cl)c(Cl)c2)N2CCNCC2)cc1. The normalized spacial score (nSPS) is 16.1. The van der Waals surface area contributed by atoms with Crippen molar-refractivity contribution in [1.82, 2.24) is 10.2 Å². The van der Waals surface area contributed by atoms with Gasteiger partial charge in [0, 0.05) is 51.0 Å². The molecule has 1 heterocycles. The van der Waals surface area contributed by atoms with Gasteiger partial charge in [0.2, 0.25) is 0 Å². The number of halogens is 2. The van der Waals surface area contributed by atoms with Gasteiger partial charge >= 0.3 is 0 Å². The highest BCUT2D eigenvalue weighted by Gasteiger charge is 2.21. The van der Waals surface area contributed by atoms with Crippen molar-refractivity contribution in [2.75, 3.05) is 44.2 Å². The van der Waals surface area contributed by atoms with E-state index in [1.54, 1.807) is 0 Å². The third-order valence-corrected chi connectivity index (χ3v) is 6.40. The van der Waals surface area contributed by atoms with Gasteiger partial charge in [0.15, 0.2) is 0 Å². The Morgan fingerprint density at radius 2 is 1.50 bits per heavy atom. The lowest BCUT2D eigenvalue weighted by atomic mass is 9.96. The summed E-state index contributed by atoms with van der Waals surface area (Å²) in [6.45, 7) is 10.8. The summed E-state index contributed by atoms with van der Waals surface area (Å²) in [7, 11) is 0. The minimum absolute atomic E-state index is 0.457. The molecule has 1 fully saturated rings. The van der Waals surface area contributed by atoms with Crippen LogP contribution in [0, 0.1) is 0 Å². The lowest BCUT2D eigenvalue weighted by molar-refractivity contribution is 0.170. The molecule has 1 aliphatic rings. The molecule has 0 radical (unpaired) electrons. The van der Waals surface area contributed by atoms with Crippen molar-refractivity contribution in [1.29, 1.82) is 0 Å².